The average molecular weight is 1740 g/mol. The molecule has 0 aliphatic rings. The van der Waals surface area contributed by atoms with E-state index in [1.165, 1.54) is 43.1 Å². The Hall–Kier alpha value is -18.0. The van der Waals surface area contributed by atoms with Crippen molar-refractivity contribution >= 4 is 239 Å². The lowest BCUT2D eigenvalue weighted by Crippen LogP contribution is -1.95. The van der Waals surface area contributed by atoms with Crippen LogP contribution in [0.4, 0.5) is 0 Å². The number of hydrogen-bond donors (Lipinski definition) is 0. The van der Waals surface area contributed by atoms with Gasteiger partial charge in [0.05, 0.1) is 24.7 Å². The Morgan fingerprint density at radius 2 is 0.493 bits per heavy atom. The molecule has 32 rings (SSSR count). The normalized spacial score (nSPS) is 14.3. The Kier molecular flexibility index (Phi) is 12.0. The molecular weight excluding hydrogens is 1650 g/mol. The van der Waals surface area contributed by atoms with Gasteiger partial charge in [-0.05, 0) is 326 Å². The van der Waals surface area contributed by atoms with Gasteiger partial charge < -0.3 is 17.7 Å². The summed E-state index contributed by atoms with van der Waals surface area (Å²) in [6, 6.07) is 105. The van der Waals surface area contributed by atoms with E-state index in [1.807, 2.05) is 127 Å². The lowest BCUT2D eigenvalue weighted by Gasteiger charge is -2.22. The summed E-state index contributed by atoms with van der Waals surface area (Å²) in [7, 11) is 0. The minimum atomic E-state index is -0.624. The minimum Gasteiger partial charge on any atom is -0.456 e. The summed E-state index contributed by atoms with van der Waals surface area (Å²) in [5, 5.41) is 30.2. The standard InChI is InChI=1S/2C66H36O2/c2*1-2-12-46-37(7-1)19-30-52-58-34-45(25-32-61(58)68-66(46)52)54-35-53(44-24-31-60-57(33-44)49-13-3-4-14-59(49)67-60)55(47-26-20-42-17-15-38-8-5-10-40-22-28-50(47)64(42)62(38)40)36-56(54)48-27-21-43-18-16-39-9-6-11-41-23-29-51(48)65(43)63(39)41/h2*1-36H/i1D,2D,3D,4D,7D,12D,13D,14D,19D,24D,25D,30D,31D,32D,33D,34D;35D,36D. The van der Waals surface area contributed by atoms with Crippen LogP contribution < -0.4 is 0 Å². The van der Waals surface area contributed by atoms with E-state index in [0.717, 1.165) is 174 Å². The molecule has 0 atom stereocenters. The van der Waals surface area contributed by atoms with E-state index in [9.17, 15) is 13.7 Å². The molecule has 0 radical (unpaired) electrons. The van der Waals surface area contributed by atoms with Gasteiger partial charge in [-0.15, -0.1) is 0 Å². The van der Waals surface area contributed by atoms with Crippen molar-refractivity contribution in [2.24, 2.45) is 0 Å². The van der Waals surface area contributed by atoms with Crippen molar-refractivity contribution in [1.29, 1.82) is 0 Å². The molecule has 4 aromatic heterocycles. The second-order valence-corrected chi connectivity index (χ2v) is 35.9. The van der Waals surface area contributed by atoms with Crippen LogP contribution in [0.2, 0.25) is 0 Å². The number of para-hydroxylation sites is 2. The summed E-state index contributed by atoms with van der Waals surface area (Å²) < 4.78 is 196. The highest BCUT2D eigenvalue weighted by Crippen LogP contribution is 2.55. The zero-order valence-corrected chi connectivity index (χ0v) is 71.8. The van der Waals surface area contributed by atoms with Crippen LogP contribution >= 0.6 is 0 Å². The maximum atomic E-state index is 11.1. The van der Waals surface area contributed by atoms with Crippen molar-refractivity contribution in [3.05, 3.63) is 436 Å². The first-order valence-electron chi connectivity index (χ1n) is 54.5. The van der Waals surface area contributed by atoms with Crippen LogP contribution in [-0.4, -0.2) is 0 Å². The van der Waals surface area contributed by atoms with Crippen LogP contribution in [0.1, 0.15) is 24.7 Å². The minimum absolute atomic E-state index is 0.131. The average Bonchev–Trinajstić information content (AvgIpc) is 0.908. The number of fused-ring (bicyclic) bond motifs is 16. The van der Waals surface area contributed by atoms with Crippen LogP contribution in [0.3, 0.4) is 0 Å². The highest BCUT2D eigenvalue weighted by Gasteiger charge is 2.28. The molecule has 4 heteroatoms. The lowest BCUT2D eigenvalue weighted by molar-refractivity contribution is 0.668. The van der Waals surface area contributed by atoms with Gasteiger partial charge in [-0.2, -0.15) is 0 Å². The van der Waals surface area contributed by atoms with Gasteiger partial charge in [0.25, 0.3) is 0 Å². The fraction of sp³-hybridized carbons (Fsp3) is 0. The number of hydrogen-bond acceptors (Lipinski definition) is 4. The van der Waals surface area contributed by atoms with E-state index in [2.05, 4.69) is 194 Å². The van der Waals surface area contributed by atoms with E-state index in [0.29, 0.717) is 45.5 Å². The highest BCUT2D eigenvalue weighted by atomic mass is 16.3. The van der Waals surface area contributed by atoms with Gasteiger partial charge in [0.15, 0.2) is 0 Å². The molecule has 0 bridgehead atoms. The van der Waals surface area contributed by atoms with Crippen molar-refractivity contribution in [2.45, 2.75) is 0 Å². The third kappa shape index (κ3) is 10.6. The van der Waals surface area contributed by atoms with Crippen LogP contribution in [0.25, 0.3) is 328 Å². The maximum absolute atomic E-state index is 11.1. The molecule has 0 amide bonds. The zero-order chi connectivity index (χ0) is 104. The predicted octanol–water partition coefficient (Wildman–Crippen LogP) is 38.2. The summed E-state index contributed by atoms with van der Waals surface area (Å²) in [5.41, 5.74) is 10.6. The molecule has 0 fully saturated rings. The molecule has 28 aromatic carbocycles. The zero-order valence-electron chi connectivity index (χ0n) is 89.8. The van der Waals surface area contributed by atoms with Gasteiger partial charge in [-0.3, -0.25) is 0 Å². The van der Waals surface area contributed by atoms with E-state index >= 15 is 0 Å². The monoisotopic (exact) mass is 1740 g/mol. The molecule has 0 aliphatic heterocycles. The van der Waals surface area contributed by atoms with E-state index in [-0.39, 0.29) is 76.9 Å². The van der Waals surface area contributed by atoms with Gasteiger partial charge in [-0.25, -0.2) is 0 Å². The molecular formula is C132H72O4. The molecule has 136 heavy (non-hydrogen) atoms. The molecule has 0 saturated heterocycles. The molecule has 4 heterocycles. The summed E-state index contributed by atoms with van der Waals surface area (Å²) in [6.45, 7) is 0. The Labute approximate surface area is 801 Å². The first-order valence-corrected chi connectivity index (χ1v) is 45.5. The third-order valence-electron chi connectivity index (χ3n) is 28.8. The van der Waals surface area contributed by atoms with E-state index < -0.39 is 96.7 Å². The SMILES string of the molecule is [2H]c1c(-c2ccc3oc4ccccc4c3c2)c(-c2ccc3ccc4cccc5ccc2c3c45)c([2H])c(-c2ccc3ccc4cccc5ccc2c3c45)c1-c1ccc2oc3c4ccccc4ccc3c2c1.[2H]c1c([2H])c([2H])c2c(oc3c([2H])c([2H])c(-c4cc(-c5c([2H])c([2H])c6oc7c8c([2H])c([2H])c([2H])c([2H])c8c([2H])c([2H])c7c6c5[2H])c(-c5ccc6ccc7cccc8ccc5c6c78)cc4-c4ccc5ccc6cccc7ccc4c5c67)c([2H])c32)c1[2H]. The Morgan fingerprint density at radius 1 is 0.140 bits per heavy atom. The van der Waals surface area contributed by atoms with Gasteiger partial charge in [0, 0.05) is 53.9 Å². The van der Waals surface area contributed by atoms with E-state index in [4.69, 9.17) is 28.6 Å². The molecule has 624 valence electrons. The first-order chi connectivity index (χ1) is 74.9. The number of furan rings is 4. The quantitative estimate of drug-likeness (QED) is 0.142. The summed E-state index contributed by atoms with van der Waals surface area (Å²) >= 11 is 0. The van der Waals surface area contributed by atoms with Gasteiger partial charge >= 0.3 is 0 Å². The summed E-state index contributed by atoms with van der Waals surface area (Å²) in [5.74, 6) is 0. The smallest absolute Gasteiger partial charge is 0.143 e. The van der Waals surface area contributed by atoms with Crippen LogP contribution in [-0.2, 0) is 0 Å². The molecule has 4 nitrogen and oxygen atoms in total. The second-order valence-electron chi connectivity index (χ2n) is 35.9. The largest absolute Gasteiger partial charge is 0.456 e. The fourth-order valence-electron chi connectivity index (χ4n) is 22.7. The van der Waals surface area contributed by atoms with Crippen molar-refractivity contribution in [3.63, 3.8) is 0 Å². The first kappa shape index (κ1) is 58.7. The second kappa shape index (κ2) is 27.8. The molecule has 0 spiro atoms. The van der Waals surface area contributed by atoms with Gasteiger partial charge in [0.1, 0.15) is 44.7 Å². The topological polar surface area (TPSA) is 52.6 Å². The molecule has 32 aromatic rings. The van der Waals surface area contributed by atoms with Gasteiger partial charge in [0.2, 0.25) is 0 Å². The molecule has 0 unspecified atom stereocenters. The van der Waals surface area contributed by atoms with Crippen molar-refractivity contribution in [3.8, 4) is 89.0 Å². The van der Waals surface area contributed by atoms with Gasteiger partial charge in [-0.1, -0.05) is 339 Å². The van der Waals surface area contributed by atoms with Crippen molar-refractivity contribution in [2.75, 3.05) is 0 Å². The molecule has 0 aliphatic carbocycles. The Morgan fingerprint density at radius 3 is 1.02 bits per heavy atom. The summed E-state index contributed by atoms with van der Waals surface area (Å²) in [4.78, 5) is 0. The Bertz CT molecular complexity index is 12000. The van der Waals surface area contributed by atoms with Crippen LogP contribution in [0.5, 0.6) is 0 Å². The van der Waals surface area contributed by atoms with Crippen molar-refractivity contribution in [1.82, 2.24) is 0 Å². The molecule has 0 saturated carbocycles. The number of benzene rings is 28. The van der Waals surface area contributed by atoms with E-state index in [1.54, 1.807) is 6.07 Å². The lowest BCUT2D eigenvalue weighted by atomic mass is 9.81. The predicted molar refractivity (Wildman–Crippen MR) is 575 cm³/mol. The maximum Gasteiger partial charge on any atom is 0.143 e. The highest BCUT2D eigenvalue weighted by molar-refractivity contribution is 6.32. The summed E-state index contributed by atoms with van der Waals surface area (Å²) in [6.07, 6.45) is 0. The third-order valence-corrected chi connectivity index (χ3v) is 28.8. The Balaban J connectivity index is 0.000000140. The van der Waals surface area contributed by atoms with Crippen LogP contribution in [0.15, 0.2) is 454 Å². The van der Waals surface area contributed by atoms with Crippen LogP contribution in [0, 0.1) is 0 Å². The molecule has 0 N–H and O–H groups in total. The van der Waals surface area contributed by atoms with Crippen molar-refractivity contribution < 1.29 is 42.3 Å². The fourth-order valence-corrected chi connectivity index (χ4v) is 22.7. The number of rotatable bonds is 8.